The van der Waals surface area contributed by atoms with Crippen molar-refractivity contribution in [3.8, 4) is 11.3 Å². The Morgan fingerprint density at radius 3 is 2.58 bits per heavy atom. The molecule has 12 heteroatoms. The topological polar surface area (TPSA) is 106 Å². The van der Waals surface area contributed by atoms with E-state index in [4.69, 9.17) is 5.11 Å². The second kappa shape index (κ2) is 9.87. The predicted molar refractivity (Wildman–Crippen MR) is 108 cm³/mol. The van der Waals surface area contributed by atoms with Crippen LogP contribution in [-0.4, -0.2) is 57.6 Å². The van der Waals surface area contributed by atoms with Crippen molar-refractivity contribution in [1.82, 2.24) is 10.3 Å². The van der Waals surface area contributed by atoms with Gasteiger partial charge in [-0.05, 0) is 37.1 Å². The number of carboxylic acid groups (broad SMARTS) is 1. The molecule has 1 aromatic heterocycles. The fourth-order valence-electron chi connectivity index (χ4n) is 4.16. The molecule has 2 atom stereocenters. The van der Waals surface area contributed by atoms with Gasteiger partial charge in [-0.25, -0.2) is 26.7 Å². The van der Waals surface area contributed by atoms with Gasteiger partial charge in [0.05, 0.1) is 29.7 Å². The summed E-state index contributed by atoms with van der Waals surface area (Å²) in [6.07, 6.45) is -8.61. The first-order chi connectivity index (χ1) is 15.6. The summed E-state index contributed by atoms with van der Waals surface area (Å²) in [5.74, 6) is -0.846. The van der Waals surface area contributed by atoms with Crippen LogP contribution in [-0.2, 0) is 6.61 Å². The minimum atomic E-state index is -3.21. The molecule has 1 saturated heterocycles. The van der Waals surface area contributed by atoms with E-state index in [1.54, 1.807) is 0 Å². The lowest BCUT2D eigenvalue weighted by Crippen LogP contribution is -2.66. The molecule has 33 heavy (non-hydrogen) atoms. The van der Waals surface area contributed by atoms with E-state index < -0.39 is 48.6 Å². The van der Waals surface area contributed by atoms with Crippen LogP contribution >= 0.6 is 0 Å². The lowest BCUT2D eigenvalue weighted by atomic mass is 9.83. The summed E-state index contributed by atoms with van der Waals surface area (Å²) in [6, 6.07) is 4.15. The van der Waals surface area contributed by atoms with E-state index >= 15 is 0 Å². The first kappa shape index (κ1) is 24.6. The maximum Gasteiger partial charge on any atom is 0.405 e. The molecule has 0 bridgehead atoms. The lowest BCUT2D eigenvalue weighted by molar-refractivity contribution is -0.0627. The van der Waals surface area contributed by atoms with Crippen molar-refractivity contribution in [3.63, 3.8) is 0 Å². The van der Waals surface area contributed by atoms with E-state index in [0.29, 0.717) is 6.07 Å². The number of hydrogen-bond donors (Lipinski definition) is 4. The highest BCUT2D eigenvalue weighted by molar-refractivity contribution is 5.69. The maximum absolute atomic E-state index is 13.4. The molecular weight excluding hydrogens is 453 g/mol. The molecule has 0 spiro atoms. The maximum atomic E-state index is 13.4. The molecule has 0 aliphatic carbocycles. The standard InChI is InChI=1S/C21H22F5N3O4/c22-12-2-3-13(14(7-12)18(23)24)15-6-11(9-30)16(8-27-15)29-5-1-4-21(10-29,28-20(32)33)17(31)19(25)26/h2-3,6-8,17-19,28,30-31H,1,4-5,9-10H2,(H,32,33). The van der Waals surface area contributed by atoms with Gasteiger partial charge in [-0.15, -0.1) is 0 Å². The first-order valence-electron chi connectivity index (χ1n) is 9.98. The number of hydrogen-bond acceptors (Lipinski definition) is 5. The van der Waals surface area contributed by atoms with Crippen LogP contribution in [0.1, 0.15) is 30.4 Å². The van der Waals surface area contributed by atoms with Gasteiger partial charge >= 0.3 is 6.09 Å². The number of halogens is 5. The number of aliphatic hydroxyl groups excluding tert-OH is 2. The molecule has 0 radical (unpaired) electrons. The largest absolute Gasteiger partial charge is 0.465 e. The summed E-state index contributed by atoms with van der Waals surface area (Å²) in [6.45, 7) is -0.618. The number of aromatic nitrogens is 1. The van der Waals surface area contributed by atoms with E-state index in [-0.39, 0.29) is 48.4 Å². The van der Waals surface area contributed by atoms with Gasteiger partial charge in [-0.1, -0.05) is 0 Å². The van der Waals surface area contributed by atoms with Crippen molar-refractivity contribution in [2.45, 2.75) is 43.9 Å². The normalized spacial score (nSPS) is 19.7. The molecule has 1 aliphatic rings. The minimum Gasteiger partial charge on any atom is -0.465 e. The van der Waals surface area contributed by atoms with Crippen LogP contribution in [0.2, 0.25) is 0 Å². The van der Waals surface area contributed by atoms with Crippen LogP contribution in [0.3, 0.4) is 0 Å². The average Bonchev–Trinajstić information content (AvgIpc) is 2.77. The van der Waals surface area contributed by atoms with Crippen molar-refractivity contribution in [2.24, 2.45) is 0 Å². The number of nitrogens with zero attached hydrogens (tertiary/aromatic N) is 2. The Morgan fingerprint density at radius 1 is 1.24 bits per heavy atom. The fraction of sp³-hybridized carbons (Fsp3) is 0.429. The summed E-state index contributed by atoms with van der Waals surface area (Å²) in [5, 5.41) is 31.1. The Kier molecular flexibility index (Phi) is 7.38. The van der Waals surface area contributed by atoms with Crippen LogP contribution in [0.25, 0.3) is 11.3 Å². The molecule has 3 rings (SSSR count). The Hall–Kier alpha value is -2.99. The molecule has 0 saturated carbocycles. The third-order valence-electron chi connectivity index (χ3n) is 5.69. The van der Waals surface area contributed by atoms with Crippen molar-refractivity contribution < 1.29 is 42.1 Å². The molecule has 1 aromatic carbocycles. The first-order valence-corrected chi connectivity index (χ1v) is 9.98. The molecule has 1 aliphatic heterocycles. The number of rotatable bonds is 7. The quantitative estimate of drug-likeness (QED) is 0.457. The lowest BCUT2D eigenvalue weighted by Gasteiger charge is -2.46. The second-order valence-electron chi connectivity index (χ2n) is 7.78. The van der Waals surface area contributed by atoms with Gasteiger partial charge in [-0.2, -0.15) is 0 Å². The molecule has 1 fully saturated rings. The highest BCUT2D eigenvalue weighted by Crippen LogP contribution is 2.35. The van der Waals surface area contributed by atoms with Gasteiger partial charge in [0, 0.05) is 29.8 Å². The number of carbonyl (C=O) groups is 1. The van der Waals surface area contributed by atoms with E-state index in [1.165, 1.54) is 17.2 Å². The Morgan fingerprint density at radius 2 is 1.97 bits per heavy atom. The van der Waals surface area contributed by atoms with Gasteiger partial charge in [0.25, 0.3) is 12.9 Å². The van der Waals surface area contributed by atoms with Crippen LogP contribution in [0.5, 0.6) is 0 Å². The van der Waals surface area contributed by atoms with Gasteiger partial charge < -0.3 is 25.5 Å². The summed E-state index contributed by atoms with van der Waals surface area (Å²) in [5.41, 5.74) is -1.98. The smallest absolute Gasteiger partial charge is 0.405 e. The number of pyridine rings is 1. The van der Waals surface area contributed by atoms with Gasteiger partial charge in [0.2, 0.25) is 0 Å². The van der Waals surface area contributed by atoms with E-state index in [0.717, 1.165) is 12.1 Å². The van der Waals surface area contributed by atoms with Crippen LogP contribution in [0.15, 0.2) is 30.5 Å². The monoisotopic (exact) mass is 475 g/mol. The summed E-state index contributed by atoms with van der Waals surface area (Å²) in [7, 11) is 0. The molecule has 1 amide bonds. The fourth-order valence-corrected chi connectivity index (χ4v) is 4.16. The van der Waals surface area contributed by atoms with Gasteiger partial charge in [0.15, 0.2) is 0 Å². The van der Waals surface area contributed by atoms with Gasteiger partial charge in [0.1, 0.15) is 11.9 Å². The Balaban J connectivity index is 1.99. The van der Waals surface area contributed by atoms with E-state index in [9.17, 15) is 37.0 Å². The zero-order valence-corrected chi connectivity index (χ0v) is 17.2. The summed E-state index contributed by atoms with van der Waals surface area (Å²) >= 11 is 0. The highest BCUT2D eigenvalue weighted by Gasteiger charge is 2.47. The molecule has 4 N–H and O–H groups in total. The summed E-state index contributed by atoms with van der Waals surface area (Å²) in [4.78, 5) is 16.9. The zero-order chi connectivity index (χ0) is 24.3. The van der Waals surface area contributed by atoms with Gasteiger partial charge in [-0.3, -0.25) is 4.98 Å². The van der Waals surface area contributed by atoms with Crippen molar-refractivity contribution in [3.05, 3.63) is 47.4 Å². The van der Waals surface area contributed by atoms with Crippen molar-refractivity contribution in [1.29, 1.82) is 0 Å². The number of piperidine rings is 1. The zero-order valence-electron chi connectivity index (χ0n) is 17.2. The van der Waals surface area contributed by atoms with E-state index in [2.05, 4.69) is 4.98 Å². The van der Waals surface area contributed by atoms with Crippen molar-refractivity contribution in [2.75, 3.05) is 18.0 Å². The molecular formula is C21H22F5N3O4. The van der Waals surface area contributed by atoms with Crippen molar-refractivity contribution >= 4 is 11.8 Å². The number of alkyl halides is 4. The Bertz CT molecular complexity index is 1010. The third-order valence-corrected chi connectivity index (χ3v) is 5.69. The van der Waals surface area contributed by atoms with E-state index in [1.807, 2.05) is 5.32 Å². The predicted octanol–water partition coefficient (Wildman–Crippen LogP) is 3.55. The number of amides is 1. The SMILES string of the molecule is O=C(O)NC1(C(O)C(F)F)CCCN(c2cnc(-c3ccc(F)cc3C(F)F)cc2CO)C1. The highest BCUT2D eigenvalue weighted by atomic mass is 19.3. The molecule has 2 unspecified atom stereocenters. The molecule has 7 nitrogen and oxygen atoms in total. The Labute approximate surface area is 185 Å². The second-order valence-corrected chi connectivity index (χ2v) is 7.78. The molecule has 180 valence electrons. The number of anilines is 1. The summed E-state index contributed by atoms with van der Waals surface area (Å²) < 4.78 is 66.8. The van der Waals surface area contributed by atoms with Crippen LogP contribution in [0.4, 0.5) is 32.4 Å². The minimum absolute atomic E-state index is 0.0395. The van der Waals surface area contributed by atoms with Crippen LogP contribution in [0, 0.1) is 5.82 Å². The number of benzene rings is 1. The number of aliphatic hydroxyl groups is 2. The molecule has 2 aromatic rings. The van der Waals surface area contributed by atoms with Crippen LogP contribution < -0.4 is 10.2 Å². The molecule has 2 heterocycles. The number of nitrogens with one attached hydrogen (secondary N) is 1. The average molecular weight is 475 g/mol. The third kappa shape index (κ3) is 5.17.